The lowest BCUT2D eigenvalue weighted by Crippen LogP contribution is -1.99. The fraction of sp³-hybridized carbons (Fsp3) is 0.200. The van der Waals surface area contributed by atoms with Gasteiger partial charge in [-0.15, -0.1) is 0 Å². The van der Waals surface area contributed by atoms with Gasteiger partial charge in [-0.3, -0.25) is 0 Å². The molecule has 0 aliphatic rings. The first-order chi connectivity index (χ1) is 4.29. The third-order valence-corrected chi connectivity index (χ3v) is 1.34. The lowest BCUT2D eigenvalue weighted by Gasteiger charge is -1.97. The lowest BCUT2D eigenvalue weighted by molar-refractivity contribution is -0.0471. The summed E-state index contributed by atoms with van der Waals surface area (Å²) in [4.78, 5) is 0. The summed E-state index contributed by atoms with van der Waals surface area (Å²) in [5, 5.41) is 2.82. The van der Waals surface area contributed by atoms with Crippen LogP contribution < -0.4 is 4.74 Å². The number of hydrogen-bond donors (Lipinski definition) is 0. The smallest absolute Gasteiger partial charge is 0.388 e. The summed E-state index contributed by atoms with van der Waals surface area (Å²) in [6.45, 7) is -2.72. The number of hydrogen-bond acceptors (Lipinski definition) is 2. The van der Waals surface area contributed by atoms with Crippen molar-refractivity contribution in [1.29, 1.82) is 0 Å². The van der Waals surface area contributed by atoms with Gasteiger partial charge in [0.1, 0.15) is 0 Å². The molecule has 1 nitrogen and oxygen atoms in total. The number of ether oxygens (including phenoxy) is 1. The summed E-state index contributed by atoms with van der Waals surface area (Å²) in [5.74, 6) is 0. The standard InChI is InChI=1S/C5H3F2OS/c6-5(7)8-4-2-1-3-9-4/h1-2,5H. The molecule has 9 heavy (non-hydrogen) atoms. The van der Waals surface area contributed by atoms with E-state index in [1.807, 2.05) is 0 Å². The molecule has 0 bridgehead atoms. The first kappa shape index (κ1) is 6.48. The SMILES string of the molecule is FC(F)Oc1cc[c]s1. The molecule has 0 aliphatic heterocycles. The Balaban J connectivity index is 2.48. The number of rotatable bonds is 2. The Kier molecular flexibility index (Phi) is 2.00. The minimum absolute atomic E-state index is 0.199. The van der Waals surface area contributed by atoms with Crippen molar-refractivity contribution >= 4 is 11.3 Å². The molecule has 4 heteroatoms. The fourth-order valence-corrected chi connectivity index (χ4v) is 0.888. The van der Waals surface area contributed by atoms with E-state index >= 15 is 0 Å². The van der Waals surface area contributed by atoms with Crippen LogP contribution >= 0.6 is 11.3 Å². The summed E-state index contributed by atoms with van der Waals surface area (Å²) >= 11 is 1.02. The van der Waals surface area contributed by atoms with Crippen LogP contribution in [0.1, 0.15) is 0 Å². The molecule has 1 radical (unpaired) electrons. The van der Waals surface area contributed by atoms with Gasteiger partial charge in [-0.1, -0.05) is 11.3 Å². The molecule has 1 aromatic heterocycles. The highest BCUT2D eigenvalue weighted by molar-refractivity contribution is 7.11. The van der Waals surface area contributed by atoms with Crippen molar-refractivity contribution in [3.8, 4) is 5.06 Å². The second-order valence-corrected chi connectivity index (χ2v) is 2.09. The second-order valence-electron chi connectivity index (χ2n) is 1.25. The molecule has 1 heterocycles. The van der Waals surface area contributed by atoms with E-state index in [0.29, 0.717) is 0 Å². The van der Waals surface area contributed by atoms with E-state index in [1.165, 1.54) is 12.1 Å². The molecule has 1 aromatic rings. The third-order valence-electron chi connectivity index (χ3n) is 0.652. The van der Waals surface area contributed by atoms with Crippen molar-refractivity contribution in [2.75, 3.05) is 0 Å². The highest BCUT2D eigenvalue weighted by atomic mass is 32.1. The zero-order chi connectivity index (χ0) is 6.69. The second kappa shape index (κ2) is 2.77. The normalized spacial score (nSPS) is 10.1. The predicted octanol–water partition coefficient (Wildman–Crippen LogP) is 2.15. The zero-order valence-corrected chi connectivity index (χ0v) is 5.12. The van der Waals surface area contributed by atoms with Crippen molar-refractivity contribution in [3.05, 3.63) is 17.5 Å². The average molecular weight is 149 g/mol. The van der Waals surface area contributed by atoms with E-state index in [2.05, 4.69) is 10.1 Å². The summed E-state index contributed by atoms with van der Waals surface area (Å²) < 4.78 is 26.7. The van der Waals surface area contributed by atoms with Crippen molar-refractivity contribution in [1.82, 2.24) is 0 Å². The van der Waals surface area contributed by atoms with Gasteiger partial charge in [-0.25, -0.2) is 0 Å². The van der Waals surface area contributed by atoms with Gasteiger partial charge in [0.2, 0.25) is 0 Å². The van der Waals surface area contributed by atoms with E-state index < -0.39 is 6.61 Å². The van der Waals surface area contributed by atoms with Crippen LogP contribution in [-0.4, -0.2) is 6.61 Å². The van der Waals surface area contributed by atoms with E-state index in [9.17, 15) is 8.78 Å². The molecule has 0 atom stereocenters. The van der Waals surface area contributed by atoms with Crippen LogP contribution in [0.2, 0.25) is 0 Å². The van der Waals surface area contributed by atoms with Crippen LogP contribution in [0.4, 0.5) is 8.78 Å². The van der Waals surface area contributed by atoms with Gasteiger partial charge in [0.15, 0.2) is 5.06 Å². The molecule has 0 saturated heterocycles. The Labute approximate surface area is 54.9 Å². The Morgan fingerprint density at radius 3 is 2.89 bits per heavy atom. The Morgan fingerprint density at radius 1 is 1.67 bits per heavy atom. The Hall–Kier alpha value is -0.640. The van der Waals surface area contributed by atoms with Crippen LogP contribution in [0.3, 0.4) is 0 Å². The van der Waals surface area contributed by atoms with Crippen LogP contribution in [0.15, 0.2) is 12.1 Å². The molecular formula is C5H3F2OS. The molecular weight excluding hydrogens is 146 g/mol. The van der Waals surface area contributed by atoms with Crippen LogP contribution in [-0.2, 0) is 0 Å². The van der Waals surface area contributed by atoms with Gasteiger partial charge in [0, 0.05) is 5.38 Å². The number of halogens is 2. The summed E-state index contributed by atoms with van der Waals surface area (Å²) in [6, 6.07) is 2.97. The van der Waals surface area contributed by atoms with Crippen LogP contribution in [0, 0.1) is 5.38 Å². The highest BCUT2D eigenvalue weighted by Crippen LogP contribution is 2.19. The van der Waals surface area contributed by atoms with Gasteiger partial charge in [-0.2, -0.15) is 8.78 Å². The fourth-order valence-electron chi connectivity index (χ4n) is 0.379. The predicted molar refractivity (Wildman–Crippen MR) is 29.8 cm³/mol. The molecule has 0 saturated carbocycles. The van der Waals surface area contributed by atoms with Gasteiger partial charge < -0.3 is 4.74 Å². The maximum Gasteiger partial charge on any atom is 0.388 e. The van der Waals surface area contributed by atoms with E-state index in [1.54, 1.807) is 0 Å². The Bertz CT molecular complexity index is 161. The molecule has 0 aliphatic carbocycles. The Morgan fingerprint density at radius 2 is 2.44 bits per heavy atom. The molecule has 0 amide bonds. The first-order valence-electron chi connectivity index (χ1n) is 2.20. The molecule has 0 spiro atoms. The maximum absolute atomic E-state index is 11.4. The number of alkyl halides is 2. The minimum Gasteiger partial charge on any atom is -0.425 e. The summed E-state index contributed by atoms with van der Waals surface area (Å²) in [7, 11) is 0. The first-order valence-corrected chi connectivity index (χ1v) is 3.01. The molecule has 0 fully saturated rings. The molecule has 49 valence electrons. The summed E-state index contributed by atoms with van der Waals surface area (Å²) in [5.41, 5.74) is 0. The zero-order valence-electron chi connectivity index (χ0n) is 4.30. The van der Waals surface area contributed by atoms with Crippen molar-refractivity contribution in [2.24, 2.45) is 0 Å². The average Bonchev–Trinajstić information content (AvgIpc) is 2.15. The van der Waals surface area contributed by atoms with Gasteiger partial charge in [0.05, 0.1) is 0 Å². The molecule has 0 unspecified atom stereocenters. The summed E-state index contributed by atoms with van der Waals surface area (Å²) in [6.07, 6.45) is 0. The number of thiophene rings is 1. The topological polar surface area (TPSA) is 9.23 Å². The van der Waals surface area contributed by atoms with Gasteiger partial charge in [0.25, 0.3) is 0 Å². The largest absolute Gasteiger partial charge is 0.425 e. The monoisotopic (exact) mass is 149 g/mol. The highest BCUT2D eigenvalue weighted by Gasteiger charge is 2.02. The quantitative estimate of drug-likeness (QED) is 0.626. The van der Waals surface area contributed by atoms with Crippen LogP contribution in [0.5, 0.6) is 5.06 Å². The lowest BCUT2D eigenvalue weighted by atomic mass is 10.7. The van der Waals surface area contributed by atoms with Crippen LogP contribution in [0.25, 0.3) is 0 Å². The molecule has 1 rings (SSSR count). The van der Waals surface area contributed by atoms with Gasteiger partial charge in [-0.05, 0) is 12.1 Å². The van der Waals surface area contributed by atoms with E-state index in [-0.39, 0.29) is 5.06 Å². The van der Waals surface area contributed by atoms with E-state index in [4.69, 9.17) is 0 Å². The molecule has 0 N–H and O–H groups in total. The third kappa shape index (κ3) is 1.97. The molecule has 0 aromatic carbocycles. The van der Waals surface area contributed by atoms with Crippen molar-refractivity contribution in [3.63, 3.8) is 0 Å². The minimum atomic E-state index is -2.72. The van der Waals surface area contributed by atoms with E-state index in [0.717, 1.165) is 11.3 Å². The maximum atomic E-state index is 11.4. The van der Waals surface area contributed by atoms with Crippen molar-refractivity contribution in [2.45, 2.75) is 6.61 Å². The van der Waals surface area contributed by atoms with Crippen molar-refractivity contribution < 1.29 is 13.5 Å². The van der Waals surface area contributed by atoms with Gasteiger partial charge >= 0.3 is 6.61 Å².